The summed E-state index contributed by atoms with van der Waals surface area (Å²) in [6.07, 6.45) is 5.31. The van der Waals surface area contributed by atoms with Crippen molar-refractivity contribution in [3.63, 3.8) is 0 Å². The molecule has 1 aliphatic heterocycles. The molecule has 2 N–H and O–H groups in total. The predicted octanol–water partition coefficient (Wildman–Crippen LogP) is 0.500. The molecule has 0 aromatic rings. The summed E-state index contributed by atoms with van der Waals surface area (Å²) in [5, 5.41) is 19.0. The van der Waals surface area contributed by atoms with Crippen molar-refractivity contribution >= 4 is 11.7 Å². The Balaban J connectivity index is 2.37. The molecule has 0 aromatic carbocycles. The van der Waals surface area contributed by atoms with E-state index in [0.29, 0.717) is 0 Å². The van der Waals surface area contributed by atoms with E-state index in [4.69, 9.17) is 5.73 Å². The standard InChI is InChI=1S/C12H10N4O/c13-5-11-7-1-3-8(4-2-7)12(11,6-14)10(17)16-9(11)15/h1,3,7-8H,2,4H2,(H2,15,16,17)/t7-,8+,11-,12-/m0/s1. The van der Waals surface area contributed by atoms with Crippen LogP contribution in [0.3, 0.4) is 0 Å². The Hall–Kier alpha value is -2.14. The van der Waals surface area contributed by atoms with Crippen LogP contribution >= 0.6 is 0 Å². The largest absolute Gasteiger partial charge is 0.386 e. The van der Waals surface area contributed by atoms with Gasteiger partial charge in [0.15, 0.2) is 5.41 Å². The van der Waals surface area contributed by atoms with Gasteiger partial charge in [-0.1, -0.05) is 12.2 Å². The monoisotopic (exact) mass is 226 g/mol. The maximum Gasteiger partial charge on any atom is 0.270 e. The highest BCUT2D eigenvalue weighted by atomic mass is 16.2. The van der Waals surface area contributed by atoms with Crippen LogP contribution in [0.5, 0.6) is 0 Å². The summed E-state index contributed by atoms with van der Waals surface area (Å²) in [5.41, 5.74) is 3.17. The molecular formula is C12H10N4O. The average Bonchev–Trinajstić information content (AvgIpc) is 2.61. The zero-order valence-electron chi connectivity index (χ0n) is 9.05. The minimum atomic E-state index is -1.39. The lowest BCUT2D eigenvalue weighted by Crippen LogP contribution is -2.59. The number of hydrogen-bond acceptors (Lipinski definition) is 4. The highest BCUT2D eigenvalue weighted by molar-refractivity contribution is 6.12. The highest BCUT2D eigenvalue weighted by Gasteiger charge is 2.73. The summed E-state index contributed by atoms with van der Waals surface area (Å²) >= 11 is 0. The number of allylic oxidation sites excluding steroid dienone is 2. The normalized spacial score (nSPS) is 46.0. The van der Waals surface area contributed by atoms with Crippen molar-refractivity contribution in [3.05, 3.63) is 12.2 Å². The lowest BCUT2D eigenvalue weighted by atomic mass is 9.46. The maximum atomic E-state index is 12.1. The fraction of sp³-hybridized carbons (Fsp3) is 0.500. The van der Waals surface area contributed by atoms with E-state index in [1.165, 1.54) is 0 Å². The van der Waals surface area contributed by atoms with Crippen LogP contribution in [-0.4, -0.2) is 11.7 Å². The lowest BCUT2D eigenvalue weighted by Gasteiger charge is -2.50. The molecule has 0 aromatic heterocycles. The van der Waals surface area contributed by atoms with Gasteiger partial charge < -0.3 is 5.73 Å². The summed E-state index contributed by atoms with van der Waals surface area (Å²) < 4.78 is 0. The number of carbonyl (C=O) groups is 1. The zero-order chi connectivity index (χ0) is 12.3. The molecule has 1 amide bonds. The number of amidine groups is 1. The van der Waals surface area contributed by atoms with E-state index in [-0.39, 0.29) is 17.7 Å². The van der Waals surface area contributed by atoms with Crippen LogP contribution in [-0.2, 0) is 4.79 Å². The van der Waals surface area contributed by atoms with Crippen molar-refractivity contribution in [1.82, 2.24) is 0 Å². The summed E-state index contributed by atoms with van der Waals surface area (Å²) in [5.74, 6) is -0.939. The molecule has 0 saturated heterocycles. The lowest BCUT2D eigenvalue weighted by molar-refractivity contribution is -0.131. The summed E-state index contributed by atoms with van der Waals surface area (Å²) in [4.78, 5) is 15.8. The first-order valence-electron chi connectivity index (χ1n) is 5.53. The van der Waals surface area contributed by atoms with Gasteiger partial charge in [-0.15, -0.1) is 0 Å². The number of nitrogens with zero attached hydrogens (tertiary/aromatic N) is 3. The Bertz CT molecular complexity index is 564. The smallest absolute Gasteiger partial charge is 0.270 e. The summed E-state index contributed by atoms with van der Waals surface area (Å²) in [7, 11) is 0. The Labute approximate surface area is 98.2 Å². The molecule has 4 atom stereocenters. The molecule has 0 radical (unpaired) electrons. The molecule has 1 heterocycles. The molecule has 0 spiro atoms. The summed E-state index contributed by atoms with van der Waals surface area (Å²) in [6, 6.07) is 4.20. The van der Waals surface area contributed by atoms with Crippen molar-refractivity contribution < 1.29 is 4.79 Å². The third kappa shape index (κ3) is 0.754. The topological polar surface area (TPSA) is 103 Å². The number of carbonyl (C=O) groups excluding carboxylic acids is 1. The van der Waals surface area contributed by atoms with Gasteiger partial charge in [0.2, 0.25) is 0 Å². The Morgan fingerprint density at radius 1 is 1.24 bits per heavy atom. The number of aliphatic imine (C=N–C) groups is 1. The van der Waals surface area contributed by atoms with Gasteiger partial charge in [-0.25, -0.2) is 0 Å². The molecule has 5 heteroatoms. The van der Waals surface area contributed by atoms with E-state index in [2.05, 4.69) is 17.1 Å². The molecule has 4 aliphatic rings. The van der Waals surface area contributed by atoms with E-state index >= 15 is 0 Å². The third-order valence-electron chi connectivity index (χ3n) is 4.41. The molecule has 17 heavy (non-hydrogen) atoms. The van der Waals surface area contributed by atoms with Crippen molar-refractivity contribution in [3.8, 4) is 12.1 Å². The number of amides is 1. The molecular weight excluding hydrogens is 216 g/mol. The van der Waals surface area contributed by atoms with Gasteiger partial charge in [-0.2, -0.15) is 15.5 Å². The Morgan fingerprint density at radius 3 is 2.18 bits per heavy atom. The number of hydrogen-bond donors (Lipinski definition) is 1. The second kappa shape index (κ2) is 2.75. The third-order valence-corrected chi connectivity index (χ3v) is 4.41. The van der Waals surface area contributed by atoms with Gasteiger partial charge in [0.25, 0.3) is 5.91 Å². The number of nitriles is 2. The predicted molar refractivity (Wildman–Crippen MR) is 58.1 cm³/mol. The Morgan fingerprint density at radius 2 is 1.76 bits per heavy atom. The van der Waals surface area contributed by atoms with E-state index < -0.39 is 16.7 Å². The van der Waals surface area contributed by atoms with Crippen LogP contribution < -0.4 is 5.73 Å². The van der Waals surface area contributed by atoms with Gasteiger partial charge >= 0.3 is 0 Å². The highest BCUT2D eigenvalue weighted by Crippen LogP contribution is 2.63. The molecule has 0 unspecified atom stereocenters. The number of fused-ring (bicyclic) bond motifs is 1. The van der Waals surface area contributed by atoms with Crippen molar-refractivity contribution in [2.45, 2.75) is 12.8 Å². The van der Waals surface area contributed by atoms with Crippen molar-refractivity contribution in [2.24, 2.45) is 33.4 Å². The first kappa shape index (κ1) is 10.0. The van der Waals surface area contributed by atoms with Crippen LogP contribution in [0, 0.1) is 45.3 Å². The van der Waals surface area contributed by atoms with Gasteiger partial charge in [0.1, 0.15) is 11.3 Å². The van der Waals surface area contributed by atoms with Crippen LogP contribution in [0.15, 0.2) is 17.1 Å². The van der Waals surface area contributed by atoms with Crippen molar-refractivity contribution in [1.29, 1.82) is 10.5 Å². The number of rotatable bonds is 0. The maximum absolute atomic E-state index is 12.1. The molecule has 3 aliphatic carbocycles. The van der Waals surface area contributed by atoms with Crippen LogP contribution in [0.25, 0.3) is 0 Å². The first-order chi connectivity index (χ1) is 8.13. The minimum Gasteiger partial charge on any atom is -0.386 e. The van der Waals surface area contributed by atoms with Crippen molar-refractivity contribution in [2.75, 3.05) is 0 Å². The molecule has 1 saturated carbocycles. The van der Waals surface area contributed by atoms with E-state index in [0.717, 1.165) is 12.8 Å². The average molecular weight is 226 g/mol. The molecule has 5 nitrogen and oxygen atoms in total. The summed E-state index contributed by atoms with van der Waals surface area (Å²) in [6.45, 7) is 0. The minimum absolute atomic E-state index is 0.0191. The molecule has 4 rings (SSSR count). The fourth-order valence-electron chi connectivity index (χ4n) is 3.58. The zero-order valence-corrected chi connectivity index (χ0v) is 9.05. The van der Waals surface area contributed by atoms with Gasteiger partial charge in [0, 0.05) is 11.8 Å². The fourth-order valence-corrected chi connectivity index (χ4v) is 3.58. The molecule has 84 valence electrons. The van der Waals surface area contributed by atoms with E-state index in [1.807, 2.05) is 12.2 Å². The van der Waals surface area contributed by atoms with E-state index in [1.54, 1.807) is 0 Å². The van der Waals surface area contributed by atoms with Gasteiger partial charge in [-0.3, -0.25) is 4.79 Å². The van der Waals surface area contributed by atoms with Gasteiger partial charge in [-0.05, 0) is 12.8 Å². The first-order valence-corrected chi connectivity index (χ1v) is 5.53. The van der Waals surface area contributed by atoms with E-state index in [9.17, 15) is 15.3 Å². The second-order valence-corrected chi connectivity index (χ2v) is 4.82. The SMILES string of the molecule is N#C[C@]12C(=O)N=C(N)[C@]1(C#N)[C@H]1C=C[C@@H]2CC1. The Kier molecular flexibility index (Phi) is 1.63. The van der Waals surface area contributed by atoms with Gasteiger partial charge in [0.05, 0.1) is 12.1 Å². The van der Waals surface area contributed by atoms with Crippen LogP contribution in [0.1, 0.15) is 12.8 Å². The quantitative estimate of drug-likeness (QED) is 0.607. The molecule has 2 bridgehead atoms. The second-order valence-electron chi connectivity index (χ2n) is 4.82. The molecule has 1 fully saturated rings. The number of nitrogens with two attached hydrogens (primary N) is 1. The van der Waals surface area contributed by atoms with Crippen LogP contribution in [0.4, 0.5) is 0 Å². The van der Waals surface area contributed by atoms with Crippen LogP contribution in [0.2, 0.25) is 0 Å².